The van der Waals surface area contributed by atoms with Crippen molar-refractivity contribution in [2.24, 2.45) is 5.73 Å². The molecule has 0 unspecified atom stereocenters. The van der Waals surface area contributed by atoms with Gasteiger partial charge >= 0.3 is 0 Å². The summed E-state index contributed by atoms with van der Waals surface area (Å²) < 4.78 is 15.0. The first-order valence-corrected chi connectivity index (χ1v) is 8.60. The summed E-state index contributed by atoms with van der Waals surface area (Å²) in [5.41, 5.74) is 9.69. The first-order chi connectivity index (χ1) is 13.0. The summed E-state index contributed by atoms with van der Waals surface area (Å²) in [6.07, 6.45) is 6.65. The molecule has 3 aromatic rings. The van der Waals surface area contributed by atoms with Gasteiger partial charge in [-0.2, -0.15) is 0 Å². The first-order valence-electron chi connectivity index (χ1n) is 8.23. The van der Waals surface area contributed by atoms with E-state index in [-0.39, 0.29) is 11.5 Å². The maximum Gasteiger partial charge on any atom is 0.123 e. The van der Waals surface area contributed by atoms with Gasteiger partial charge in [0.2, 0.25) is 0 Å². The molecular formula is C21H18ClFN4. The molecule has 0 fully saturated rings. The van der Waals surface area contributed by atoms with E-state index in [1.165, 1.54) is 18.3 Å². The van der Waals surface area contributed by atoms with Crippen LogP contribution in [0.1, 0.15) is 12.5 Å². The van der Waals surface area contributed by atoms with Gasteiger partial charge in [0.05, 0.1) is 23.9 Å². The van der Waals surface area contributed by atoms with Crippen LogP contribution in [-0.4, -0.2) is 15.3 Å². The Morgan fingerprint density at radius 2 is 1.96 bits per heavy atom. The van der Waals surface area contributed by atoms with Gasteiger partial charge in [-0.3, -0.25) is 5.41 Å². The van der Waals surface area contributed by atoms with Crippen molar-refractivity contribution in [3.63, 3.8) is 0 Å². The maximum atomic E-state index is 13.1. The molecule has 0 saturated heterocycles. The largest absolute Gasteiger partial charge is 0.404 e. The molecule has 0 radical (unpaired) electrons. The molecule has 4 nitrogen and oxygen atoms in total. The van der Waals surface area contributed by atoms with Crippen LogP contribution in [0.5, 0.6) is 0 Å². The predicted octanol–water partition coefficient (Wildman–Crippen LogP) is 5.11. The average molecular weight is 381 g/mol. The van der Waals surface area contributed by atoms with Crippen LogP contribution in [0.25, 0.3) is 17.5 Å². The molecular weight excluding hydrogens is 363 g/mol. The molecule has 2 aromatic carbocycles. The smallest absolute Gasteiger partial charge is 0.123 e. The summed E-state index contributed by atoms with van der Waals surface area (Å²) >= 11 is 6.09. The van der Waals surface area contributed by atoms with E-state index in [0.29, 0.717) is 16.2 Å². The van der Waals surface area contributed by atoms with Crippen LogP contribution in [0.2, 0.25) is 5.02 Å². The number of halogens is 2. The lowest BCUT2D eigenvalue weighted by Gasteiger charge is -2.11. The second kappa shape index (κ2) is 8.01. The minimum Gasteiger partial charge on any atom is -0.404 e. The molecule has 3 N–H and O–H groups in total. The van der Waals surface area contributed by atoms with E-state index in [4.69, 9.17) is 22.7 Å². The molecule has 0 aliphatic rings. The fourth-order valence-corrected chi connectivity index (χ4v) is 2.93. The van der Waals surface area contributed by atoms with Crippen molar-refractivity contribution in [2.45, 2.75) is 6.92 Å². The maximum absolute atomic E-state index is 13.1. The highest BCUT2D eigenvalue weighted by atomic mass is 35.5. The molecule has 0 bridgehead atoms. The third-order valence-corrected chi connectivity index (χ3v) is 4.35. The van der Waals surface area contributed by atoms with Crippen LogP contribution < -0.4 is 5.73 Å². The van der Waals surface area contributed by atoms with Crippen molar-refractivity contribution in [3.8, 4) is 11.3 Å². The van der Waals surface area contributed by atoms with Gasteiger partial charge < -0.3 is 10.3 Å². The fourth-order valence-electron chi connectivity index (χ4n) is 2.74. The second-order valence-electron chi connectivity index (χ2n) is 5.97. The highest BCUT2D eigenvalue weighted by Gasteiger charge is 2.11. The first kappa shape index (κ1) is 18.6. The molecule has 0 aliphatic carbocycles. The van der Waals surface area contributed by atoms with Gasteiger partial charge in [0.25, 0.3) is 0 Å². The van der Waals surface area contributed by atoms with E-state index >= 15 is 0 Å². The van der Waals surface area contributed by atoms with Crippen molar-refractivity contribution in [2.75, 3.05) is 0 Å². The Labute approximate surface area is 161 Å². The molecule has 1 heterocycles. The number of benzene rings is 2. The van der Waals surface area contributed by atoms with Crippen LogP contribution >= 0.6 is 11.6 Å². The van der Waals surface area contributed by atoms with Gasteiger partial charge in [0.1, 0.15) is 5.82 Å². The standard InChI is InChI=1S/C21H18ClFN4/c1-14(19(10-24)21(25)15-5-7-18(23)8-6-15)12-27-13-26-11-20(27)16-3-2-4-17(22)9-16/h2-13,25H,24H2,1H3/b14-12+,19-10-,25-21?. The Bertz CT molecular complexity index is 1030. The normalized spacial score (nSPS) is 12.3. The summed E-state index contributed by atoms with van der Waals surface area (Å²) in [5.74, 6) is -0.346. The van der Waals surface area contributed by atoms with Gasteiger partial charge in [-0.1, -0.05) is 23.7 Å². The van der Waals surface area contributed by atoms with Crippen LogP contribution in [-0.2, 0) is 0 Å². The highest BCUT2D eigenvalue weighted by molar-refractivity contribution is 6.30. The highest BCUT2D eigenvalue weighted by Crippen LogP contribution is 2.24. The zero-order valence-electron chi connectivity index (χ0n) is 14.7. The number of hydrogen-bond acceptors (Lipinski definition) is 3. The van der Waals surface area contributed by atoms with E-state index in [1.54, 1.807) is 24.7 Å². The van der Waals surface area contributed by atoms with Gasteiger partial charge in [-0.15, -0.1) is 0 Å². The Hall–Kier alpha value is -3.18. The SMILES string of the molecule is CC(=C\n1cncc1-c1cccc(Cl)c1)/C(=C/N)C(=N)c1ccc(F)cc1. The lowest BCUT2D eigenvalue weighted by Crippen LogP contribution is -2.08. The Morgan fingerprint density at radius 3 is 2.63 bits per heavy atom. The number of rotatable bonds is 5. The number of allylic oxidation sites excluding steroid dienone is 2. The lowest BCUT2D eigenvalue weighted by atomic mass is 9.98. The van der Waals surface area contributed by atoms with Crippen LogP contribution in [0.4, 0.5) is 4.39 Å². The number of hydrogen-bond donors (Lipinski definition) is 2. The topological polar surface area (TPSA) is 67.7 Å². The van der Waals surface area contributed by atoms with Gasteiger partial charge in [0.15, 0.2) is 0 Å². The average Bonchev–Trinajstić information content (AvgIpc) is 3.11. The number of nitrogens with one attached hydrogen (secondary N) is 1. The molecule has 0 spiro atoms. The minimum absolute atomic E-state index is 0.218. The third-order valence-electron chi connectivity index (χ3n) is 4.11. The molecule has 6 heteroatoms. The fraction of sp³-hybridized carbons (Fsp3) is 0.0476. The molecule has 27 heavy (non-hydrogen) atoms. The van der Waals surface area contributed by atoms with E-state index in [0.717, 1.165) is 16.8 Å². The number of nitrogens with two attached hydrogens (primary N) is 1. The second-order valence-corrected chi connectivity index (χ2v) is 6.41. The van der Waals surface area contributed by atoms with E-state index < -0.39 is 0 Å². The van der Waals surface area contributed by atoms with Crippen molar-refractivity contribution in [3.05, 3.63) is 94.8 Å². The summed E-state index contributed by atoms with van der Waals surface area (Å²) in [4.78, 5) is 4.21. The monoisotopic (exact) mass is 380 g/mol. The Morgan fingerprint density at radius 1 is 1.22 bits per heavy atom. The van der Waals surface area contributed by atoms with Crippen molar-refractivity contribution in [1.82, 2.24) is 9.55 Å². The predicted molar refractivity (Wildman–Crippen MR) is 108 cm³/mol. The summed E-state index contributed by atoms with van der Waals surface area (Å²) in [7, 11) is 0. The number of imidazole rings is 1. The molecule has 136 valence electrons. The molecule has 3 rings (SSSR count). The van der Waals surface area contributed by atoms with Crippen LogP contribution in [0.15, 0.2) is 78.4 Å². The summed E-state index contributed by atoms with van der Waals surface area (Å²) in [6, 6.07) is 13.3. The van der Waals surface area contributed by atoms with E-state index in [2.05, 4.69) is 4.98 Å². The van der Waals surface area contributed by atoms with Gasteiger partial charge in [0, 0.05) is 34.1 Å². The summed E-state index contributed by atoms with van der Waals surface area (Å²) in [6.45, 7) is 1.86. The summed E-state index contributed by atoms with van der Waals surface area (Å²) in [5, 5.41) is 9.05. The van der Waals surface area contributed by atoms with Crippen LogP contribution in [0.3, 0.4) is 0 Å². The third kappa shape index (κ3) is 4.15. The molecule has 0 amide bonds. The Balaban J connectivity index is 1.94. The van der Waals surface area contributed by atoms with Gasteiger partial charge in [-0.05, 0) is 48.9 Å². The van der Waals surface area contributed by atoms with E-state index in [1.807, 2.05) is 42.0 Å². The zero-order chi connectivity index (χ0) is 19.4. The quantitative estimate of drug-likeness (QED) is 0.476. The molecule has 0 saturated carbocycles. The van der Waals surface area contributed by atoms with Crippen molar-refractivity contribution in [1.29, 1.82) is 5.41 Å². The van der Waals surface area contributed by atoms with Gasteiger partial charge in [-0.25, -0.2) is 9.37 Å². The number of aromatic nitrogens is 2. The molecule has 0 atom stereocenters. The Kier molecular flexibility index (Phi) is 5.52. The van der Waals surface area contributed by atoms with Crippen molar-refractivity contribution >= 4 is 23.5 Å². The molecule has 0 aliphatic heterocycles. The lowest BCUT2D eigenvalue weighted by molar-refractivity contribution is 0.628. The van der Waals surface area contributed by atoms with E-state index in [9.17, 15) is 4.39 Å². The van der Waals surface area contributed by atoms with Crippen molar-refractivity contribution < 1.29 is 4.39 Å². The van der Waals surface area contributed by atoms with Crippen LogP contribution in [0, 0.1) is 11.2 Å². The molecule has 1 aromatic heterocycles. The zero-order valence-corrected chi connectivity index (χ0v) is 15.4. The number of nitrogens with zero attached hydrogens (tertiary/aromatic N) is 2. The minimum atomic E-state index is -0.346.